The molecule has 5 rings (SSSR count). The van der Waals surface area contributed by atoms with Crippen LogP contribution in [0.15, 0.2) is 70.4 Å². The first kappa shape index (κ1) is 39.7. The molecular formula is C47H74O2. The van der Waals surface area contributed by atoms with Crippen LogP contribution in [-0.2, 0) is 4.79 Å². The van der Waals surface area contributed by atoms with Gasteiger partial charge >= 0.3 is 5.97 Å². The number of carbonyl (C=O) groups is 1. The summed E-state index contributed by atoms with van der Waals surface area (Å²) in [7, 11) is 0. The van der Waals surface area contributed by atoms with Crippen LogP contribution in [0.4, 0.5) is 0 Å². The van der Waals surface area contributed by atoms with Crippen LogP contribution in [0.1, 0.15) is 166 Å². The summed E-state index contributed by atoms with van der Waals surface area (Å²) in [6, 6.07) is 0. The Bertz CT molecular complexity index is 1330. The van der Waals surface area contributed by atoms with Crippen LogP contribution in [0.2, 0.25) is 0 Å². The van der Waals surface area contributed by atoms with Gasteiger partial charge in [0.2, 0.25) is 0 Å². The molecule has 0 saturated heterocycles. The zero-order valence-electron chi connectivity index (χ0n) is 33.5. The molecule has 0 aromatic rings. The highest BCUT2D eigenvalue weighted by molar-refractivity contribution is 5.81. The van der Waals surface area contributed by atoms with Crippen molar-refractivity contribution in [2.75, 3.05) is 0 Å². The van der Waals surface area contributed by atoms with E-state index in [0.29, 0.717) is 10.8 Å². The molecule has 5 aliphatic rings. The molecule has 2 heteroatoms. The summed E-state index contributed by atoms with van der Waals surface area (Å²) in [6.45, 7) is 23.5. The Kier molecular flexibility index (Phi) is 13.7. The van der Waals surface area contributed by atoms with Crippen molar-refractivity contribution in [3.63, 3.8) is 0 Å². The Morgan fingerprint density at radius 3 is 2.35 bits per heavy atom. The number of fused-ring (bicyclic) bond motifs is 5. The number of hydrogen-bond acceptors (Lipinski definition) is 1. The first-order valence-electron chi connectivity index (χ1n) is 20.4. The first-order chi connectivity index (χ1) is 23.1. The summed E-state index contributed by atoms with van der Waals surface area (Å²) >= 11 is 0. The molecule has 3 saturated carbocycles. The number of hydrogen-bond donors (Lipinski definition) is 1. The maximum atomic E-state index is 10.5. The van der Waals surface area contributed by atoms with Crippen molar-refractivity contribution in [3.8, 4) is 0 Å². The highest BCUT2D eigenvalue weighted by Crippen LogP contribution is 2.67. The quantitative estimate of drug-likeness (QED) is 0.143. The predicted molar refractivity (Wildman–Crippen MR) is 211 cm³/mol. The fourth-order valence-corrected chi connectivity index (χ4v) is 11.6. The van der Waals surface area contributed by atoms with Crippen molar-refractivity contribution >= 4 is 5.97 Å². The second-order valence-electron chi connectivity index (χ2n) is 18.8. The zero-order chi connectivity index (χ0) is 36.0. The van der Waals surface area contributed by atoms with E-state index in [2.05, 4.69) is 80.5 Å². The van der Waals surface area contributed by atoms with Gasteiger partial charge in [0.25, 0.3) is 0 Å². The van der Waals surface area contributed by atoms with Crippen LogP contribution in [0.5, 0.6) is 0 Å². The third-order valence-electron chi connectivity index (χ3n) is 14.3. The van der Waals surface area contributed by atoms with Crippen molar-refractivity contribution in [1.29, 1.82) is 0 Å². The lowest BCUT2D eigenvalue weighted by Crippen LogP contribution is -2.50. The maximum Gasteiger partial charge on any atom is 0.328 e. The van der Waals surface area contributed by atoms with E-state index >= 15 is 0 Å². The molecule has 7 atom stereocenters. The van der Waals surface area contributed by atoms with Gasteiger partial charge in [-0.2, -0.15) is 0 Å². The van der Waals surface area contributed by atoms with Gasteiger partial charge in [-0.1, -0.05) is 127 Å². The molecule has 3 fully saturated rings. The minimum Gasteiger partial charge on any atom is -0.478 e. The molecular weight excluding hydrogens is 597 g/mol. The summed E-state index contributed by atoms with van der Waals surface area (Å²) in [5.74, 6) is 4.93. The molecule has 2 nitrogen and oxygen atoms in total. The minimum absolute atomic E-state index is 0.260. The number of carboxylic acids is 1. The van der Waals surface area contributed by atoms with E-state index in [4.69, 9.17) is 5.11 Å². The summed E-state index contributed by atoms with van der Waals surface area (Å²) in [5.41, 5.74) is 8.19. The normalized spacial score (nSPS) is 33.9. The Morgan fingerprint density at radius 2 is 1.65 bits per heavy atom. The van der Waals surface area contributed by atoms with Gasteiger partial charge in [0.1, 0.15) is 0 Å². The summed E-state index contributed by atoms with van der Waals surface area (Å²) in [4.78, 5) is 10.5. The number of rotatable bonds is 10. The van der Waals surface area contributed by atoms with E-state index in [-0.39, 0.29) is 5.41 Å². The third-order valence-corrected chi connectivity index (χ3v) is 14.3. The number of aliphatic carboxylic acids is 1. The molecule has 0 spiro atoms. The van der Waals surface area contributed by atoms with Crippen molar-refractivity contribution < 1.29 is 9.90 Å². The van der Waals surface area contributed by atoms with Gasteiger partial charge in [-0.3, -0.25) is 0 Å². The van der Waals surface area contributed by atoms with Crippen LogP contribution >= 0.6 is 0 Å². The molecule has 274 valence electrons. The second kappa shape index (κ2) is 17.0. The highest BCUT2D eigenvalue weighted by Gasteiger charge is 2.58. The van der Waals surface area contributed by atoms with Gasteiger partial charge in [0.15, 0.2) is 0 Å². The Hall–Kier alpha value is -2.09. The molecule has 0 aliphatic heterocycles. The fourth-order valence-electron chi connectivity index (χ4n) is 11.6. The molecule has 0 bridgehead atoms. The average molecular weight is 671 g/mol. The molecule has 0 radical (unpaired) electrons. The zero-order valence-corrected chi connectivity index (χ0v) is 33.5. The molecule has 0 unspecified atom stereocenters. The third kappa shape index (κ3) is 9.62. The highest BCUT2D eigenvalue weighted by atomic mass is 16.4. The Labute approximate surface area is 302 Å². The Balaban J connectivity index is 0.000000227. The average Bonchev–Trinajstić information content (AvgIpc) is 3.37. The van der Waals surface area contributed by atoms with Gasteiger partial charge in [-0.15, -0.1) is 0 Å². The van der Waals surface area contributed by atoms with Crippen LogP contribution in [0.25, 0.3) is 0 Å². The summed E-state index contributed by atoms with van der Waals surface area (Å²) < 4.78 is 0. The van der Waals surface area contributed by atoms with Gasteiger partial charge in [0, 0.05) is 6.08 Å². The lowest BCUT2D eigenvalue weighted by atomic mass is 9.47. The van der Waals surface area contributed by atoms with Crippen molar-refractivity contribution in [3.05, 3.63) is 70.4 Å². The van der Waals surface area contributed by atoms with E-state index < -0.39 is 5.97 Å². The molecule has 5 aliphatic carbocycles. The lowest BCUT2D eigenvalue weighted by molar-refractivity contribution is -0.131. The molecule has 0 aromatic carbocycles. The van der Waals surface area contributed by atoms with E-state index in [9.17, 15) is 4.79 Å². The molecule has 0 heterocycles. The molecule has 1 N–H and O–H groups in total. The summed E-state index contributed by atoms with van der Waals surface area (Å²) in [5, 5.41) is 8.65. The topological polar surface area (TPSA) is 37.3 Å². The number of carboxylic acid groups (broad SMARTS) is 1. The van der Waals surface area contributed by atoms with Crippen LogP contribution in [-0.4, -0.2) is 11.1 Å². The molecule has 49 heavy (non-hydrogen) atoms. The van der Waals surface area contributed by atoms with Crippen LogP contribution in [0.3, 0.4) is 0 Å². The SMILES string of the molecule is CC(C)CCC[C@@H](C)[C@H]1CC[C@H]2[C@@H]3CC=C4CCCC[C@]4(C)[C@H]3CC[C@]12C.CC(C=CC1=C(C)CCCC1(C)C)=CC=C/C(C)=C\C(=O)O. The van der Waals surface area contributed by atoms with Gasteiger partial charge in [-0.25, -0.2) is 4.79 Å². The molecule has 0 aromatic heterocycles. The largest absolute Gasteiger partial charge is 0.478 e. The standard InChI is InChI=1S/C27H46.C20H28O2/c1-19(2)9-8-10-20(3)23-14-15-24-22-13-12-21-11-6-7-17-26(21,4)25(22)16-18-27(23,24)5;1-15(8-6-9-16(2)14-19(21)22)11-12-18-17(3)10-7-13-20(18,4)5/h12,19-20,22-25H,6-11,13-18H2,1-5H3;6,8-9,11-12,14H,7,10,13H2,1-5H3,(H,21,22)/b;9-6?,12-11?,15-8?,16-14-/t20-,22+,23-,24+,25+,26+,27-;/m1./s1. The van der Waals surface area contributed by atoms with E-state index in [1.165, 1.54) is 114 Å². The van der Waals surface area contributed by atoms with E-state index in [1.807, 2.05) is 17.7 Å². The smallest absolute Gasteiger partial charge is 0.328 e. The minimum atomic E-state index is -0.912. The van der Waals surface area contributed by atoms with E-state index in [0.717, 1.165) is 46.7 Å². The van der Waals surface area contributed by atoms with Crippen LogP contribution < -0.4 is 0 Å². The van der Waals surface area contributed by atoms with Crippen molar-refractivity contribution in [1.82, 2.24) is 0 Å². The summed E-state index contributed by atoms with van der Waals surface area (Å²) in [6.07, 6.45) is 35.5. The Morgan fingerprint density at radius 1 is 0.898 bits per heavy atom. The van der Waals surface area contributed by atoms with Gasteiger partial charge < -0.3 is 5.11 Å². The maximum absolute atomic E-state index is 10.5. The van der Waals surface area contributed by atoms with Crippen molar-refractivity contribution in [2.24, 2.45) is 51.8 Å². The first-order valence-corrected chi connectivity index (χ1v) is 20.4. The van der Waals surface area contributed by atoms with E-state index in [1.54, 1.807) is 13.0 Å². The predicted octanol–water partition coefficient (Wildman–Crippen LogP) is 14.0. The fraction of sp³-hybridized carbons (Fsp3) is 0.723. The van der Waals surface area contributed by atoms with Gasteiger partial charge in [0.05, 0.1) is 0 Å². The lowest BCUT2D eigenvalue weighted by Gasteiger charge is -2.58. The van der Waals surface area contributed by atoms with Crippen LogP contribution in [0, 0.1) is 51.8 Å². The van der Waals surface area contributed by atoms with Gasteiger partial charge in [-0.05, 0) is 154 Å². The number of allylic oxidation sites excluding steroid dienone is 11. The monoisotopic (exact) mass is 671 g/mol. The molecule has 0 amide bonds. The second-order valence-corrected chi connectivity index (χ2v) is 18.8. The van der Waals surface area contributed by atoms with Crippen molar-refractivity contribution in [2.45, 2.75) is 166 Å².